The zero-order chi connectivity index (χ0) is 13.0. The number of hydrogen-bond donors (Lipinski definition) is 1. The smallest absolute Gasteiger partial charge is 0.338 e. The van der Waals surface area contributed by atoms with Crippen molar-refractivity contribution in [2.24, 2.45) is 0 Å². The van der Waals surface area contributed by atoms with Gasteiger partial charge in [-0.3, -0.25) is 0 Å². The Morgan fingerprint density at radius 3 is 3.06 bits per heavy atom. The number of hydrogen-bond acceptors (Lipinski definition) is 6. The number of carbonyl (C=O) groups is 1. The van der Waals surface area contributed by atoms with Gasteiger partial charge in [0, 0.05) is 4.90 Å². The molecule has 0 amide bonds. The first-order chi connectivity index (χ1) is 8.69. The van der Waals surface area contributed by atoms with E-state index in [1.165, 1.54) is 23.1 Å². The lowest BCUT2D eigenvalue weighted by Gasteiger charge is -2.03. The SMILES string of the molecule is CCOC(=O)c1cccc(Sc2cnc(N)s2)c1. The Hall–Kier alpha value is -1.53. The summed E-state index contributed by atoms with van der Waals surface area (Å²) < 4.78 is 5.95. The Bertz CT molecular complexity index is 555. The number of aromatic nitrogens is 1. The van der Waals surface area contributed by atoms with Crippen LogP contribution in [0, 0.1) is 0 Å². The lowest BCUT2D eigenvalue weighted by molar-refractivity contribution is 0.0526. The minimum Gasteiger partial charge on any atom is -0.462 e. The molecule has 0 aliphatic carbocycles. The van der Waals surface area contributed by atoms with E-state index in [-0.39, 0.29) is 5.97 Å². The van der Waals surface area contributed by atoms with Crippen molar-refractivity contribution in [2.45, 2.75) is 16.0 Å². The molecule has 0 aliphatic heterocycles. The van der Waals surface area contributed by atoms with Crippen LogP contribution in [-0.4, -0.2) is 17.6 Å². The molecule has 0 spiro atoms. The number of esters is 1. The van der Waals surface area contributed by atoms with Gasteiger partial charge in [0.15, 0.2) is 5.13 Å². The van der Waals surface area contributed by atoms with Crippen LogP contribution in [0.5, 0.6) is 0 Å². The van der Waals surface area contributed by atoms with E-state index in [0.717, 1.165) is 9.10 Å². The molecule has 1 aromatic carbocycles. The van der Waals surface area contributed by atoms with Gasteiger partial charge in [-0.05, 0) is 25.1 Å². The summed E-state index contributed by atoms with van der Waals surface area (Å²) >= 11 is 2.95. The Morgan fingerprint density at radius 2 is 2.39 bits per heavy atom. The Balaban J connectivity index is 2.14. The number of nitrogens with zero attached hydrogens (tertiary/aromatic N) is 1. The molecule has 1 heterocycles. The topological polar surface area (TPSA) is 65.2 Å². The van der Waals surface area contributed by atoms with Gasteiger partial charge in [-0.2, -0.15) is 0 Å². The molecule has 1 aromatic heterocycles. The fraction of sp³-hybridized carbons (Fsp3) is 0.167. The molecule has 18 heavy (non-hydrogen) atoms. The van der Waals surface area contributed by atoms with Crippen molar-refractivity contribution >= 4 is 34.2 Å². The Kier molecular flexibility index (Phi) is 4.22. The molecule has 0 saturated heterocycles. The largest absolute Gasteiger partial charge is 0.462 e. The maximum Gasteiger partial charge on any atom is 0.338 e. The van der Waals surface area contributed by atoms with Crippen molar-refractivity contribution in [2.75, 3.05) is 12.3 Å². The molecule has 0 atom stereocenters. The molecule has 0 unspecified atom stereocenters. The number of benzene rings is 1. The molecule has 6 heteroatoms. The van der Waals surface area contributed by atoms with Gasteiger partial charge in [-0.1, -0.05) is 29.2 Å². The zero-order valence-electron chi connectivity index (χ0n) is 9.75. The third-order valence-corrected chi connectivity index (χ3v) is 3.98. The van der Waals surface area contributed by atoms with E-state index in [4.69, 9.17) is 10.5 Å². The van der Waals surface area contributed by atoms with Gasteiger partial charge in [0.05, 0.1) is 22.6 Å². The number of nitrogen functional groups attached to an aromatic ring is 1. The highest BCUT2D eigenvalue weighted by Gasteiger charge is 2.08. The van der Waals surface area contributed by atoms with Crippen molar-refractivity contribution in [3.05, 3.63) is 36.0 Å². The van der Waals surface area contributed by atoms with Gasteiger partial charge in [0.2, 0.25) is 0 Å². The molecule has 0 fully saturated rings. The summed E-state index contributed by atoms with van der Waals surface area (Å²) in [6, 6.07) is 7.31. The minimum atomic E-state index is -0.302. The van der Waals surface area contributed by atoms with Crippen molar-refractivity contribution < 1.29 is 9.53 Å². The van der Waals surface area contributed by atoms with Crippen LogP contribution in [0.15, 0.2) is 39.6 Å². The first-order valence-corrected chi connectivity index (χ1v) is 6.98. The third-order valence-electron chi connectivity index (χ3n) is 2.07. The van der Waals surface area contributed by atoms with Crippen LogP contribution in [0.25, 0.3) is 0 Å². The van der Waals surface area contributed by atoms with E-state index in [1.54, 1.807) is 25.3 Å². The van der Waals surface area contributed by atoms with Gasteiger partial charge in [-0.15, -0.1) is 0 Å². The molecule has 2 rings (SSSR count). The first-order valence-electron chi connectivity index (χ1n) is 5.35. The first kappa shape index (κ1) is 12.9. The fourth-order valence-electron chi connectivity index (χ4n) is 1.34. The summed E-state index contributed by atoms with van der Waals surface area (Å²) in [5.41, 5.74) is 6.12. The van der Waals surface area contributed by atoms with Crippen molar-refractivity contribution in [3.8, 4) is 0 Å². The van der Waals surface area contributed by atoms with Crippen LogP contribution in [0.2, 0.25) is 0 Å². The van der Waals surface area contributed by atoms with E-state index in [1.807, 2.05) is 12.1 Å². The Labute approximate surface area is 113 Å². The second-order valence-electron chi connectivity index (χ2n) is 3.37. The Morgan fingerprint density at radius 1 is 1.56 bits per heavy atom. The summed E-state index contributed by atoms with van der Waals surface area (Å²) in [5, 5.41) is 0.541. The van der Waals surface area contributed by atoms with Crippen molar-refractivity contribution in [3.63, 3.8) is 0 Å². The van der Waals surface area contributed by atoms with Gasteiger partial charge < -0.3 is 10.5 Å². The van der Waals surface area contributed by atoms with Crippen LogP contribution in [-0.2, 0) is 4.74 Å². The van der Waals surface area contributed by atoms with Gasteiger partial charge >= 0.3 is 5.97 Å². The van der Waals surface area contributed by atoms with Gasteiger partial charge in [0.1, 0.15) is 0 Å². The highest BCUT2D eigenvalue weighted by molar-refractivity contribution is 8.01. The van der Waals surface area contributed by atoms with Crippen LogP contribution < -0.4 is 5.73 Å². The van der Waals surface area contributed by atoms with Crippen molar-refractivity contribution in [1.82, 2.24) is 4.98 Å². The standard InChI is InChI=1S/C12H12N2O2S2/c1-2-16-11(15)8-4-3-5-9(6-8)17-10-7-14-12(13)18-10/h3-7H,2H2,1H3,(H2,13,14). The second kappa shape index (κ2) is 5.88. The minimum absolute atomic E-state index is 0.302. The average Bonchev–Trinajstić information content (AvgIpc) is 2.75. The molecule has 2 N–H and O–H groups in total. The van der Waals surface area contributed by atoms with E-state index in [2.05, 4.69) is 4.98 Å². The molecular formula is C12H12N2O2S2. The van der Waals surface area contributed by atoms with E-state index < -0.39 is 0 Å². The summed E-state index contributed by atoms with van der Waals surface area (Å²) in [5.74, 6) is -0.302. The predicted molar refractivity (Wildman–Crippen MR) is 73.0 cm³/mol. The van der Waals surface area contributed by atoms with Crippen LogP contribution in [0.3, 0.4) is 0 Å². The average molecular weight is 280 g/mol. The van der Waals surface area contributed by atoms with Gasteiger partial charge in [-0.25, -0.2) is 9.78 Å². The van der Waals surface area contributed by atoms with E-state index in [9.17, 15) is 4.79 Å². The number of carbonyl (C=O) groups excluding carboxylic acids is 1. The predicted octanol–water partition coefficient (Wildman–Crippen LogP) is 3.05. The summed E-state index contributed by atoms with van der Waals surface area (Å²) in [6.45, 7) is 2.16. The summed E-state index contributed by atoms with van der Waals surface area (Å²) in [7, 11) is 0. The molecule has 2 aromatic rings. The lowest BCUT2D eigenvalue weighted by Crippen LogP contribution is -2.04. The maximum absolute atomic E-state index is 11.6. The van der Waals surface area contributed by atoms with E-state index in [0.29, 0.717) is 17.3 Å². The molecule has 0 saturated carbocycles. The highest BCUT2D eigenvalue weighted by atomic mass is 32.2. The third kappa shape index (κ3) is 3.24. The second-order valence-corrected chi connectivity index (χ2v) is 5.80. The monoisotopic (exact) mass is 280 g/mol. The lowest BCUT2D eigenvalue weighted by atomic mass is 10.2. The number of rotatable bonds is 4. The van der Waals surface area contributed by atoms with Crippen molar-refractivity contribution in [1.29, 1.82) is 0 Å². The molecule has 0 bridgehead atoms. The van der Waals surface area contributed by atoms with Crippen LogP contribution in [0.1, 0.15) is 17.3 Å². The molecule has 94 valence electrons. The number of anilines is 1. The highest BCUT2D eigenvalue weighted by Crippen LogP contribution is 2.33. The van der Waals surface area contributed by atoms with E-state index >= 15 is 0 Å². The number of ether oxygens (including phenoxy) is 1. The molecule has 0 radical (unpaired) electrons. The molecular weight excluding hydrogens is 268 g/mol. The normalized spacial score (nSPS) is 10.3. The molecule has 4 nitrogen and oxygen atoms in total. The summed E-state index contributed by atoms with van der Waals surface area (Å²) in [4.78, 5) is 16.5. The quantitative estimate of drug-likeness (QED) is 0.872. The van der Waals surface area contributed by atoms with Crippen LogP contribution in [0.4, 0.5) is 5.13 Å². The molecule has 0 aliphatic rings. The maximum atomic E-state index is 11.6. The van der Waals surface area contributed by atoms with Crippen LogP contribution >= 0.6 is 23.1 Å². The number of nitrogens with two attached hydrogens (primary N) is 1. The fourth-order valence-corrected chi connectivity index (χ4v) is 3.14. The summed E-state index contributed by atoms with van der Waals surface area (Å²) in [6.07, 6.45) is 1.72. The number of thiazole rings is 1. The zero-order valence-corrected chi connectivity index (χ0v) is 11.4. The van der Waals surface area contributed by atoms with Gasteiger partial charge in [0.25, 0.3) is 0 Å².